The third-order valence-corrected chi connectivity index (χ3v) is 1.47. The van der Waals surface area contributed by atoms with Crippen LogP contribution >= 0.6 is 0 Å². The first-order chi connectivity index (χ1) is 4.88. The van der Waals surface area contributed by atoms with Crippen LogP contribution in [0.4, 0.5) is 0 Å². The highest BCUT2D eigenvalue weighted by molar-refractivity contribution is 5.19. The Morgan fingerprint density at radius 1 is 1.30 bits per heavy atom. The molecule has 1 atom stereocenters. The average molecular weight is 133 g/mol. The summed E-state index contributed by atoms with van der Waals surface area (Å²) in [6.07, 6.45) is 11.7. The van der Waals surface area contributed by atoms with Crippen LogP contribution in [0.2, 0.25) is 0 Å². The highest BCUT2D eigenvalue weighted by Crippen LogP contribution is 2.08. The first kappa shape index (κ1) is 6.87. The van der Waals surface area contributed by atoms with Crippen molar-refractivity contribution in [1.82, 2.24) is 4.90 Å². The molecule has 1 aliphatic rings. The van der Waals surface area contributed by atoms with E-state index in [1.54, 1.807) is 6.20 Å². The van der Waals surface area contributed by atoms with Gasteiger partial charge in [-0.05, 0) is 12.3 Å². The number of hydrogen-bond donors (Lipinski definition) is 0. The van der Waals surface area contributed by atoms with Gasteiger partial charge in [-0.25, -0.2) is 0 Å². The zero-order valence-corrected chi connectivity index (χ0v) is 5.90. The van der Waals surface area contributed by atoms with Gasteiger partial charge in [0.2, 0.25) is 0 Å². The third-order valence-electron chi connectivity index (χ3n) is 1.47. The molecule has 1 heterocycles. The van der Waals surface area contributed by atoms with E-state index < -0.39 is 0 Å². The Kier molecular flexibility index (Phi) is 2.11. The van der Waals surface area contributed by atoms with Crippen molar-refractivity contribution in [3.8, 4) is 0 Å². The Bertz CT molecular complexity index is 167. The van der Waals surface area contributed by atoms with Crippen LogP contribution in [0.25, 0.3) is 0 Å². The topological polar surface area (TPSA) is 3.24 Å². The summed E-state index contributed by atoms with van der Waals surface area (Å²) in [6, 6.07) is 0.280. The van der Waals surface area contributed by atoms with Gasteiger partial charge in [0.15, 0.2) is 0 Å². The fraction of sp³-hybridized carbons (Fsp3) is 0.111. The molecule has 0 amide bonds. The molecule has 1 heteroatoms. The predicted molar refractivity (Wildman–Crippen MR) is 44.3 cm³/mol. The Hall–Kier alpha value is -1.24. The molecule has 0 spiro atoms. The van der Waals surface area contributed by atoms with Crippen LogP contribution in [0.3, 0.4) is 0 Å². The number of hydrogen-bond acceptors (Lipinski definition) is 1. The summed E-state index contributed by atoms with van der Waals surface area (Å²) < 4.78 is 0. The van der Waals surface area contributed by atoms with Crippen LogP contribution in [0, 0.1) is 0 Å². The van der Waals surface area contributed by atoms with Crippen LogP contribution in [-0.2, 0) is 0 Å². The van der Waals surface area contributed by atoms with Gasteiger partial charge in [-0.3, -0.25) is 0 Å². The van der Waals surface area contributed by atoms with E-state index in [2.05, 4.69) is 19.2 Å². The van der Waals surface area contributed by atoms with Crippen molar-refractivity contribution in [1.29, 1.82) is 0 Å². The molecule has 0 fully saturated rings. The Labute approximate surface area is 61.7 Å². The molecule has 0 aromatic heterocycles. The molecule has 0 bridgehead atoms. The quantitative estimate of drug-likeness (QED) is 0.521. The van der Waals surface area contributed by atoms with Gasteiger partial charge in [0.25, 0.3) is 0 Å². The lowest BCUT2D eigenvalue weighted by atomic mass is 10.2. The first-order valence-electron chi connectivity index (χ1n) is 3.26. The first-order valence-corrected chi connectivity index (χ1v) is 3.26. The standard InChI is InChI=1S/C9H11N/c1-3-9-7-5-6-8-10(9)4-2/h3-9H,1-2H2. The van der Waals surface area contributed by atoms with Crippen LogP contribution in [0.15, 0.2) is 49.9 Å². The fourth-order valence-electron chi connectivity index (χ4n) is 0.909. The molecule has 1 rings (SSSR count). The van der Waals surface area contributed by atoms with E-state index in [-0.39, 0.29) is 6.04 Å². The lowest BCUT2D eigenvalue weighted by Gasteiger charge is -2.23. The molecule has 0 radical (unpaired) electrons. The van der Waals surface area contributed by atoms with E-state index in [1.807, 2.05) is 29.3 Å². The van der Waals surface area contributed by atoms with E-state index in [0.29, 0.717) is 0 Å². The maximum absolute atomic E-state index is 3.71. The van der Waals surface area contributed by atoms with Crippen molar-refractivity contribution in [3.05, 3.63) is 49.9 Å². The molecule has 0 aromatic carbocycles. The highest BCUT2D eigenvalue weighted by atomic mass is 15.1. The van der Waals surface area contributed by atoms with E-state index in [9.17, 15) is 0 Å². The summed E-state index contributed by atoms with van der Waals surface area (Å²) >= 11 is 0. The minimum Gasteiger partial charge on any atom is -0.345 e. The molecular formula is C9H11N. The predicted octanol–water partition coefficient (Wildman–Crippen LogP) is 2.07. The summed E-state index contributed by atoms with van der Waals surface area (Å²) in [6.45, 7) is 7.38. The normalized spacial score (nSPS) is 22.8. The fourth-order valence-corrected chi connectivity index (χ4v) is 0.909. The van der Waals surface area contributed by atoms with Gasteiger partial charge in [-0.15, -0.1) is 6.58 Å². The zero-order chi connectivity index (χ0) is 7.40. The number of nitrogens with zero attached hydrogens (tertiary/aromatic N) is 1. The molecule has 0 saturated carbocycles. The SMILES string of the molecule is C=CC1C=CC=CN1C=C. The van der Waals surface area contributed by atoms with Crippen molar-refractivity contribution >= 4 is 0 Å². The molecule has 0 N–H and O–H groups in total. The van der Waals surface area contributed by atoms with Crippen molar-refractivity contribution in [3.63, 3.8) is 0 Å². The summed E-state index contributed by atoms with van der Waals surface area (Å²) in [5.74, 6) is 0. The second-order valence-electron chi connectivity index (χ2n) is 2.08. The Balaban J connectivity index is 2.72. The lowest BCUT2D eigenvalue weighted by Crippen LogP contribution is -2.22. The summed E-state index contributed by atoms with van der Waals surface area (Å²) in [7, 11) is 0. The molecule has 0 aromatic rings. The molecule has 1 aliphatic heterocycles. The molecule has 0 saturated heterocycles. The van der Waals surface area contributed by atoms with Gasteiger partial charge >= 0.3 is 0 Å². The number of allylic oxidation sites excluding steroid dienone is 2. The van der Waals surface area contributed by atoms with Gasteiger partial charge in [-0.1, -0.05) is 24.8 Å². The molecule has 1 nitrogen and oxygen atoms in total. The van der Waals surface area contributed by atoms with Crippen molar-refractivity contribution in [2.24, 2.45) is 0 Å². The van der Waals surface area contributed by atoms with Crippen LogP contribution in [0.1, 0.15) is 0 Å². The summed E-state index contributed by atoms with van der Waals surface area (Å²) in [4.78, 5) is 1.99. The second kappa shape index (κ2) is 3.06. The van der Waals surface area contributed by atoms with E-state index in [4.69, 9.17) is 0 Å². The highest BCUT2D eigenvalue weighted by Gasteiger charge is 2.05. The van der Waals surface area contributed by atoms with Gasteiger partial charge < -0.3 is 4.90 Å². The average Bonchev–Trinajstić information content (AvgIpc) is 2.04. The van der Waals surface area contributed by atoms with Crippen LogP contribution in [0.5, 0.6) is 0 Å². The van der Waals surface area contributed by atoms with E-state index in [1.165, 1.54) is 0 Å². The molecule has 52 valence electrons. The minimum absolute atomic E-state index is 0.280. The lowest BCUT2D eigenvalue weighted by molar-refractivity contribution is 0.484. The van der Waals surface area contributed by atoms with Crippen LogP contribution < -0.4 is 0 Å². The summed E-state index contributed by atoms with van der Waals surface area (Å²) in [5.41, 5.74) is 0. The van der Waals surface area contributed by atoms with E-state index >= 15 is 0 Å². The van der Waals surface area contributed by atoms with Crippen LogP contribution in [-0.4, -0.2) is 10.9 Å². The maximum atomic E-state index is 3.71. The Morgan fingerprint density at radius 2 is 2.10 bits per heavy atom. The monoisotopic (exact) mass is 133 g/mol. The molecule has 10 heavy (non-hydrogen) atoms. The third kappa shape index (κ3) is 1.18. The van der Waals surface area contributed by atoms with E-state index in [0.717, 1.165) is 0 Å². The molecule has 0 aliphatic carbocycles. The maximum Gasteiger partial charge on any atom is 0.0694 e. The van der Waals surface area contributed by atoms with Gasteiger partial charge in [0.1, 0.15) is 0 Å². The number of rotatable bonds is 2. The zero-order valence-electron chi connectivity index (χ0n) is 5.90. The minimum atomic E-state index is 0.280. The molecular weight excluding hydrogens is 122 g/mol. The summed E-state index contributed by atoms with van der Waals surface area (Å²) in [5, 5.41) is 0. The van der Waals surface area contributed by atoms with Gasteiger partial charge in [0.05, 0.1) is 6.04 Å². The van der Waals surface area contributed by atoms with Gasteiger partial charge in [-0.2, -0.15) is 0 Å². The largest absolute Gasteiger partial charge is 0.345 e. The Morgan fingerprint density at radius 3 is 2.60 bits per heavy atom. The van der Waals surface area contributed by atoms with Crippen molar-refractivity contribution in [2.45, 2.75) is 6.04 Å². The van der Waals surface area contributed by atoms with Crippen molar-refractivity contribution in [2.75, 3.05) is 0 Å². The van der Waals surface area contributed by atoms with Gasteiger partial charge in [0, 0.05) is 6.20 Å². The smallest absolute Gasteiger partial charge is 0.0694 e. The van der Waals surface area contributed by atoms with Crippen molar-refractivity contribution < 1.29 is 0 Å². The molecule has 1 unspecified atom stereocenters. The second-order valence-corrected chi connectivity index (χ2v) is 2.08.